The molecule has 0 aliphatic heterocycles. The Bertz CT molecular complexity index is 733. The largest absolute Gasteiger partial charge is 0.469 e. The third-order valence-corrected chi connectivity index (χ3v) is 6.76. The highest BCUT2D eigenvalue weighted by Gasteiger charge is 2.28. The molecule has 1 N–H and O–H groups in total. The first-order chi connectivity index (χ1) is 9.47. The minimum atomic E-state index is -3.50. The average Bonchev–Trinajstić information content (AvgIpc) is 2.96. The smallest absolute Gasteiger partial charge is 0.242 e. The van der Waals surface area contributed by atoms with Crippen LogP contribution in [0.4, 0.5) is 0 Å². The third kappa shape index (κ3) is 2.59. The lowest BCUT2D eigenvalue weighted by Gasteiger charge is -2.22. The van der Waals surface area contributed by atoms with Crippen LogP contribution in [-0.2, 0) is 16.4 Å². The summed E-state index contributed by atoms with van der Waals surface area (Å²) in [7, 11) is -3.50. The molecule has 2 heterocycles. The molecule has 1 aliphatic carbocycles. The summed E-state index contributed by atoms with van der Waals surface area (Å²) in [6.45, 7) is 1.81. The van der Waals surface area contributed by atoms with E-state index in [9.17, 15) is 8.42 Å². The number of hydrogen-bond acceptors (Lipinski definition) is 4. The van der Waals surface area contributed by atoms with Gasteiger partial charge in [-0.05, 0) is 47.8 Å². The van der Waals surface area contributed by atoms with Crippen LogP contribution in [0.15, 0.2) is 31.5 Å². The Hall–Kier alpha value is -0.630. The van der Waals surface area contributed by atoms with E-state index in [-0.39, 0.29) is 6.04 Å². The fraction of sp³-hybridized carbons (Fsp3) is 0.385. The van der Waals surface area contributed by atoms with Gasteiger partial charge in [0.05, 0.1) is 21.0 Å². The molecule has 0 saturated heterocycles. The first-order valence-electron chi connectivity index (χ1n) is 6.32. The molecule has 20 heavy (non-hydrogen) atoms. The van der Waals surface area contributed by atoms with E-state index in [0.717, 1.165) is 39.2 Å². The predicted molar refractivity (Wildman–Crippen MR) is 81.5 cm³/mol. The standard InChI is InChI=1S/C13H14BrNO3S2/c1-8-12(7-13(14)19-8)20(16,17)15-10-3-2-4-11-9(10)5-6-18-11/h5-7,10,15H,2-4H2,1H3. The van der Waals surface area contributed by atoms with Crippen LogP contribution >= 0.6 is 27.3 Å². The highest BCUT2D eigenvalue weighted by atomic mass is 79.9. The molecule has 0 aromatic carbocycles. The van der Waals surface area contributed by atoms with Crippen molar-refractivity contribution in [2.75, 3.05) is 0 Å². The fourth-order valence-electron chi connectivity index (χ4n) is 2.56. The lowest BCUT2D eigenvalue weighted by Crippen LogP contribution is -2.30. The van der Waals surface area contributed by atoms with Crippen molar-refractivity contribution >= 4 is 37.3 Å². The minimum absolute atomic E-state index is 0.194. The summed E-state index contributed by atoms with van der Waals surface area (Å²) in [5.74, 6) is 0.896. The molecule has 108 valence electrons. The van der Waals surface area contributed by atoms with Crippen molar-refractivity contribution in [3.8, 4) is 0 Å². The summed E-state index contributed by atoms with van der Waals surface area (Å²) in [4.78, 5) is 1.14. The summed E-state index contributed by atoms with van der Waals surface area (Å²) in [6.07, 6.45) is 4.24. The Kier molecular flexibility index (Phi) is 3.79. The van der Waals surface area contributed by atoms with Gasteiger partial charge >= 0.3 is 0 Å². The van der Waals surface area contributed by atoms with Crippen molar-refractivity contribution in [2.45, 2.75) is 37.1 Å². The highest BCUT2D eigenvalue weighted by Crippen LogP contribution is 2.34. The maximum atomic E-state index is 12.5. The van der Waals surface area contributed by atoms with E-state index in [2.05, 4.69) is 20.7 Å². The number of fused-ring (bicyclic) bond motifs is 1. The first kappa shape index (κ1) is 14.3. The van der Waals surface area contributed by atoms with E-state index in [4.69, 9.17) is 4.42 Å². The first-order valence-corrected chi connectivity index (χ1v) is 9.41. The summed E-state index contributed by atoms with van der Waals surface area (Å²) in [5, 5.41) is 0. The van der Waals surface area contributed by atoms with E-state index in [0.29, 0.717) is 4.90 Å². The molecule has 1 unspecified atom stereocenters. The second-order valence-electron chi connectivity index (χ2n) is 4.84. The van der Waals surface area contributed by atoms with Gasteiger partial charge in [-0.15, -0.1) is 11.3 Å². The van der Waals surface area contributed by atoms with Crippen molar-refractivity contribution in [2.24, 2.45) is 0 Å². The number of sulfonamides is 1. The van der Waals surface area contributed by atoms with Crippen molar-refractivity contribution < 1.29 is 12.8 Å². The second kappa shape index (κ2) is 5.29. The zero-order chi connectivity index (χ0) is 14.3. The predicted octanol–water partition coefficient (Wildman–Crippen LogP) is 3.77. The summed E-state index contributed by atoms with van der Waals surface area (Å²) in [6, 6.07) is 3.32. The molecule has 7 heteroatoms. The lowest BCUT2D eigenvalue weighted by atomic mass is 9.94. The van der Waals surface area contributed by atoms with E-state index >= 15 is 0 Å². The second-order valence-corrected chi connectivity index (χ2v) is 9.15. The van der Waals surface area contributed by atoms with E-state index in [1.165, 1.54) is 11.3 Å². The number of halogens is 1. The van der Waals surface area contributed by atoms with Crippen LogP contribution in [-0.4, -0.2) is 8.42 Å². The van der Waals surface area contributed by atoms with Gasteiger partial charge in [-0.25, -0.2) is 13.1 Å². The Balaban J connectivity index is 1.91. The van der Waals surface area contributed by atoms with Gasteiger partial charge < -0.3 is 4.42 Å². The molecule has 1 aliphatic rings. The van der Waals surface area contributed by atoms with Gasteiger partial charge in [-0.1, -0.05) is 0 Å². The van der Waals surface area contributed by atoms with Crippen molar-refractivity contribution in [3.63, 3.8) is 0 Å². The number of thiophene rings is 1. The van der Waals surface area contributed by atoms with E-state index in [1.54, 1.807) is 12.3 Å². The van der Waals surface area contributed by atoms with Crippen LogP contribution in [0.2, 0.25) is 0 Å². The molecule has 3 rings (SSSR count). The monoisotopic (exact) mass is 375 g/mol. The molecule has 0 spiro atoms. The molecule has 0 saturated carbocycles. The van der Waals surface area contributed by atoms with Gasteiger partial charge in [-0.3, -0.25) is 0 Å². The van der Waals surface area contributed by atoms with Crippen molar-refractivity contribution in [1.29, 1.82) is 0 Å². The van der Waals surface area contributed by atoms with Crippen molar-refractivity contribution in [3.05, 3.63) is 38.4 Å². The molecule has 0 fully saturated rings. The Labute approximate surface area is 130 Å². The molecule has 2 aromatic heterocycles. The number of furan rings is 1. The van der Waals surface area contributed by atoms with Crippen LogP contribution in [0.3, 0.4) is 0 Å². The zero-order valence-corrected chi connectivity index (χ0v) is 14.1. The quantitative estimate of drug-likeness (QED) is 0.887. The fourth-order valence-corrected chi connectivity index (χ4v) is 6.22. The number of aryl methyl sites for hydroxylation is 2. The number of rotatable bonds is 3. The van der Waals surface area contributed by atoms with Gasteiger partial charge in [0.25, 0.3) is 0 Å². The molecule has 0 radical (unpaired) electrons. The van der Waals surface area contributed by atoms with Gasteiger partial charge in [0, 0.05) is 16.9 Å². The Morgan fingerprint density at radius 3 is 3.00 bits per heavy atom. The maximum absolute atomic E-state index is 12.5. The van der Waals surface area contributed by atoms with E-state index in [1.807, 2.05) is 13.0 Å². The topological polar surface area (TPSA) is 59.3 Å². The summed E-state index contributed by atoms with van der Waals surface area (Å²) < 4.78 is 34.0. The molecule has 0 bridgehead atoms. The molecular formula is C13H14BrNO3S2. The van der Waals surface area contributed by atoms with Crippen LogP contribution in [0, 0.1) is 6.92 Å². The molecule has 2 aromatic rings. The SMILES string of the molecule is Cc1sc(Br)cc1S(=O)(=O)NC1CCCc2occc21. The number of nitrogens with one attached hydrogen (secondary N) is 1. The van der Waals surface area contributed by atoms with Crippen LogP contribution < -0.4 is 4.72 Å². The van der Waals surface area contributed by atoms with Crippen LogP contribution in [0.1, 0.15) is 35.1 Å². The molecular weight excluding hydrogens is 362 g/mol. The van der Waals surface area contributed by atoms with Crippen LogP contribution in [0.25, 0.3) is 0 Å². The van der Waals surface area contributed by atoms with E-state index < -0.39 is 10.0 Å². The third-order valence-electron chi connectivity index (χ3n) is 3.48. The van der Waals surface area contributed by atoms with Gasteiger partial charge in [-0.2, -0.15) is 0 Å². The molecule has 4 nitrogen and oxygen atoms in total. The average molecular weight is 376 g/mol. The Morgan fingerprint density at radius 2 is 2.30 bits per heavy atom. The summed E-state index contributed by atoms with van der Waals surface area (Å²) >= 11 is 4.76. The highest BCUT2D eigenvalue weighted by molar-refractivity contribution is 9.11. The van der Waals surface area contributed by atoms with Crippen LogP contribution in [0.5, 0.6) is 0 Å². The van der Waals surface area contributed by atoms with Gasteiger partial charge in [0.2, 0.25) is 10.0 Å². The number of hydrogen-bond donors (Lipinski definition) is 1. The molecule has 1 atom stereocenters. The van der Waals surface area contributed by atoms with Gasteiger partial charge in [0.1, 0.15) is 5.76 Å². The lowest BCUT2D eigenvalue weighted by molar-refractivity contribution is 0.438. The molecule has 0 amide bonds. The zero-order valence-electron chi connectivity index (χ0n) is 10.8. The normalized spacial score (nSPS) is 19.0. The summed E-state index contributed by atoms with van der Waals surface area (Å²) in [5.41, 5.74) is 0.965. The van der Waals surface area contributed by atoms with Crippen molar-refractivity contribution in [1.82, 2.24) is 4.72 Å². The van der Waals surface area contributed by atoms with Gasteiger partial charge in [0.15, 0.2) is 0 Å². The maximum Gasteiger partial charge on any atom is 0.242 e. The Morgan fingerprint density at radius 1 is 1.50 bits per heavy atom. The minimum Gasteiger partial charge on any atom is -0.469 e.